The lowest BCUT2D eigenvalue weighted by Gasteiger charge is -2.11. The summed E-state index contributed by atoms with van der Waals surface area (Å²) < 4.78 is 2.82. The molecule has 4 N–H and O–H groups in total. The number of hydrogen-bond donors (Lipinski definition) is 3. The summed E-state index contributed by atoms with van der Waals surface area (Å²) >= 11 is 6.00. The van der Waals surface area contributed by atoms with Crippen LogP contribution in [0.1, 0.15) is 43.9 Å². The number of anilines is 1. The van der Waals surface area contributed by atoms with E-state index < -0.39 is 5.56 Å². The van der Waals surface area contributed by atoms with E-state index in [1.54, 1.807) is 4.57 Å². The fraction of sp³-hybridized carbons (Fsp3) is 0.429. The monoisotopic (exact) mass is 443 g/mol. The number of aromatic nitrogens is 6. The summed E-state index contributed by atoms with van der Waals surface area (Å²) in [6, 6.07) is 4.02. The van der Waals surface area contributed by atoms with Crippen molar-refractivity contribution >= 4 is 28.7 Å². The topological polar surface area (TPSA) is 127 Å². The first-order chi connectivity index (χ1) is 14.9. The molecule has 0 saturated carbocycles. The van der Waals surface area contributed by atoms with Crippen LogP contribution in [-0.4, -0.2) is 29.1 Å². The maximum Gasteiger partial charge on any atom is 0.332 e. The summed E-state index contributed by atoms with van der Waals surface area (Å²) in [6.07, 6.45) is 4.13. The zero-order valence-electron chi connectivity index (χ0n) is 17.7. The Balaban J connectivity index is 1.61. The van der Waals surface area contributed by atoms with Gasteiger partial charge in [-0.1, -0.05) is 31.9 Å². The zero-order chi connectivity index (χ0) is 22.1. The van der Waals surface area contributed by atoms with E-state index in [2.05, 4.69) is 26.9 Å². The minimum Gasteiger partial charge on any atom is -0.369 e. The Morgan fingerprint density at radius 2 is 1.84 bits per heavy atom. The lowest BCUT2D eigenvalue weighted by atomic mass is 10.1. The van der Waals surface area contributed by atoms with Crippen molar-refractivity contribution in [3.05, 3.63) is 49.5 Å². The van der Waals surface area contributed by atoms with Crippen molar-refractivity contribution in [2.24, 2.45) is 0 Å². The van der Waals surface area contributed by atoms with Crippen LogP contribution in [0.4, 0.5) is 5.95 Å². The van der Waals surface area contributed by atoms with Gasteiger partial charge in [-0.25, -0.2) is 9.78 Å². The molecule has 0 radical (unpaired) electrons. The van der Waals surface area contributed by atoms with Crippen LogP contribution < -0.4 is 17.0 Å². The Hall–Kier alpha value is -3.07. The smallest absolute Gasteiger partial charge is 0.332 e. The standard InChI is InChI=1S/C21H26ClN7O2/c1-3-4-5-10-28-17-16(25-19(22)27-17)18(30)29(21(28)31)11-6-7-13-8-9-14-12(2)24-20(23)26-15(13)14/h8-9H,3-7,10-11H2,1-2H3,(H,25,27)(H3,23,24,26). The van der Waals surface area contributed by atoms with E-state index in [1.807, 2.05) is 19.1 Å². The number of nitrogens with zero attached hydrogens (tertiary/aromatic N) is 4. The van der Waals surface area contributed by atoms with Gasteiger partial charge >= 0.3 is 5.69 Å². The maximum absolute atomic E-state index is 13.1. The van der Waals surface area contributed by atoms with Crippen LogP contribution in [0.25, 0.3) is 22.4 Å². The third kappa shape index (κ3) is 3.97. The van der Waals surface area contributed by atoms with Crippen LogP contribution in [-0.2, 0) is 19.5 Å². The van der Waals surface area contributed by atoms with E-state index in [1.165, 1.54) is 4.57 Å². The largest absolute Gasteiger partial charge is 0.369 e. The van der Waals surface area contributed by atoms with Gasteiger partial charge in [-0.15, -0.1) is 0 Å². The molecule has 10 heteroatoms. The molecule has 0 bridgehead atoms. The van der Waals surface area contributed by atoms with E-state index in [4.69, 9.17) is 17.3 Å². The predicted molar refractivity (Wildman–Crippen MR) is 122 cm³/mol. The van der Waals surface area contributed by atoms with Gasteiger partial charge in [-0.05, 0) is 43.4 Å². The summed E-state index contributed by atoms with van der Waals surface area (Å²) in [5.41, 5.74) is 9.57. The molecular formula is C21H26ClN7O2. The molecule has 0 spiro atoms. The Labute approximate surface area is 183 Å². The number of fused-ring (bicyclic) bond motifs is 2. The van der Waals surface area contributed by atoms with Crippen molar-refractivity contribution in [3.63, 3.8) is 0 Å². The average Bonchev–Trinajstić information content (AvgIpc) is 3.31. The summed E-state index contributed by atoms with van der Waals surface area (Å²) in [5.74, 6) is 0.366. The molecule has 2 aromatic heterocycles. The van der Waals surface area contributed by atoms with Gasteiger partial charge in [0, 0.05) is 24.3 Å². The van der Waals surface area contributed by atoms with Crippen molar-refractivity contribution in [2.75, 3.05) is 5.73 Å². The molecule has 1 aliphatic heterocycles. The number of H-pyrrole nitrogens is 2. The number of nitrogen functional groups attached to an aromatic ring is 1. The van der Waals surface area contributed by atoms with Gasteiger partial charge in [0.1, 0.15) is 0 Å². The molecule has 164 valence electrons. The molecule has 0 atom stereocenters. The molecule has 0 unspecified atom stereocenters. The van der Waals surface area contributed by atoms with Gasteiger partial charge in [0.05, 0.1) is 5.69 Å². The molecular weight excluding hydrogens is 418 g/mol. The molecule has 0 fully saturated rings. The van der Waals surface area contributed by atoms with Crippen LogP contribution in [0.3, 0.4) is 0 Å². The van der Waals surface area contributed by atoms with Crippen molar-refractivity contribution in [1.82, 2.24) is 29.1 Å². The fourth-order valence-electron chi connectivity index (χ4n) is 4.04. The van der Waals surface area contributed by atoms with Gasteiger partial charge in [0.25, 0.3) is 5.56 Å². The Morgan fingerprint density at radius 3 is 2.61 bits per heavy atom. The first-order valence-corrected chi connectivity index (χ1v) is 10.9. The molecule has 0 amide bonds. The van der Waals surface area contributed by atoms with E-state index >= 15 is 0 Å². The highest BCUT2D eigenvalue weighted by molar-refractivity contribution is 6.28. The third-order valence-corrected chi connectivity index (χ3v) is 5.79. The highest BCUT2D eigenvalue weighted by Crippen LogP contribution is 2.29. The molecule has 31 heavy (non-hydrogen) atoms. The molecule has 9 nitrogen and oxygen atoms in total. The number of aryl methyl sites for hydroxylation is 3. The lowest BCUT2D eigenvalue weighted by Crippen LogP contribution is -2.40. The Morgan fingerprint density at radius 1 is 1.06 bits per heavy atom. The van der Waals surface area contributed by atoms with E-state index in [-0.39, 0.29) is 23.0 Å². The van der Waals surface area contributed by atoms with Crippen LogP contribution in [0.15, 0.2) is 21.7 Å². The van der Waals surface area contributed by atoms with Gasteiger partial charge in [0.15, 0.2) is 17.1 Å². The van der Waals surface area contributed by atoms with E-state index in [0.29, 0.717) is 31.0 Å². The van der Waals surface area contributed by atoms with Crippen LogP contribution in [0, 0.1) is 6.92 Å². The Bertz CT molecular complexity index is 1310. The van der Waals surface area contributed by atoms with Gasteiger partial charge in [0.2, 0.25) is 5.28 Å². The first kappa shape index (κ1) is 21.2. The molecule has 1 aliphatic carbocycles. The molecule has 2 aromatic rings. The Kier molecular flexibility index (Phi) is 5.86. The number of imidazole rings is 1. The van der Waals surface area contributed by atoms with Crippen LogP contribution >= 0.6 is 11.6 Å². The number of nitrogens with one attached hydrogen (secondary N) is 2. The molecule has 3 heterocycles. The van der Waals surface area contributed by atoms with E-state index in [0.717, 1.165) is 41.8 Å². The van der Waals surface area contributed by atoms with Crippen molar-refractivity contribution in [2.45, 2.75) is 59.0 Å². The minimum atomic E-state index is -0.397. The normalized spacial score (nSPS) is 11.7. The second kappa shape index (κ2) is 8.58. The third-order valence-electron chi connectivity index (χ3n) is 5.61. The predicted octanol–water partition coefficient (Wildman–Crippen LogP) is 3.08. The number of hydrogen-bond acceptors (Lipinski definition) is 5. The number of nitrogens with two attached hydrogens (primary N) is 1. The highest BCUT2D eigenvalue weighted by atomic mass is 35.5. The number of aromatic amines is 2. The number of halogens is 1. The first-order valence-electron chi connectivity index (χ1n) is 10.5. The summed E-state index contributed by atoms with van der Waals surface area (Å²) in [4.78, 5) is 40.4. The molecule has 4 rings (SSSR count). The van der Waals surface area contributed by atoms with Crippen molar-refractivity contribution in [3.8, 4) is 11.3 Å². The minimum absolute atomic E-state index is 0.104. The number of unbranched alkanes of at least 4 members (excludes halogenated alkanes) is 2. The fourth-order valence-corrected chi connectivity index (χ4v) is 4.22. The van der Waals surface area contributed by atoms with Crippen LogP contribution in [0.2, 0.25) is 5.28 Å². The second-order valence-electron chi connectivity index (χ2n) is 7.80. The van der Waals surface area contributed by atoms with Crippen molar-refractivity contribution in [1.29, 1.82) is 0 Å². The molecule has 0 saturated heterocycles. The van der Waals surface area contributed by atoms with E-state index in [9.17, 15) is 9.59 Å². The summed E-state index contributed by atoms with van der Waals surface area (Å²) in [7, 11) is 0. The van der Waals surface area contributed by atoms with Gasteiger partial charge in [-0.3, -0.25) is 13.9 Å². The van der Waals surface area contributed by atoms with Gasteiger partial charge in [-0.2, -0.15) is 4.98 Å². The maximum atomic E-state index is 13.1. The number of rotatable bonds is 8. The van der Waals surface area contributed by atoms with Crippen molar-refractivity contribution < 1.29 is 0 Å². The van der Waals surface area contributed by atoms with Crippen LogP contribution in [0.5, 0.6) is 0 Å². The summed E-state index contributed by atoms with van der Waals surface area (Å²) in [6.45, 7) is 4.84. The average molecular weight is 444 g/mol. The molecule has 2 aliphatic rings. The summed E-state index contributed by atoms with van der Waals surface area (Å²) in [5, 5.41) is 0.104. The highest BCUT2D eigenvalue weighted by Gasteiger charge is 2.18. The SMILES string of the molecule is CCCCCn1c(=O)n(CCCc2ccc3c(C)[nH]c(N)nc2-3)c(=O)c2[nH]c(Cl)nc21. The quantitative estimate of drug-likeness (QED) is 0.285. The molecule has 0 aromatic carbocycles. The second-order valence-corrected chi connectivity index (χ2v) is 8.15. The zero-order valence-corrected chi connectivity index (χ0v) is 18.4. The lowest BCUT2D eigenvalue weighted by molar-refractivity contribution is 0.526. The van der Waals surface area contributed by atoms with Gasteiger partial charge < -0.3 is 15.7 Å².